The van der Waals surface area contributed by atoms with Gasteiger partial charge < -0.3 is 0 Å². The van der Waals surface area contributed by atoms with Gasteiger partial charge in [0.1, 0.15) is 0 Å². The molecule has 2 fully saturated rings. The van der Waals surface area contributed by atoms with Gasteiger partial charge in [0, 0.05) is 25.7 Å². The summed E-state index contributed by atoms with van der Waals surface area (Å²) in [6.45, 7) is 0. The van der Waals surface area contributed by atoms with E-state index in [0.29, 0.717) is 0 Å². The van der Waals surface area contributed by atoms with Crippen LogP contribution >= 0.6 is 15.9 Å². The normalized spacial score (nSPS) is 21.9. The molecule has 2 rings (SSSR count). The zero-order chi connectivity index (χ0) is 11.9. The van der Waals surface area contributed by atoms with E-state index in [1.165, 1.54) is 0 Å². The van der Waals surface area contributed by atoms with Crippen molar-refractivity contribution in [3.05, 3.63) is 0 Å². The van der Waals surface area contributed by atoms with Crippen LogP contribution in [0.4, 0.5) is 0 Å². The Balaban J connectivity index is 2.21. The smallest absolute Gasteiger partial charge is 0.232 e. The second-order valence-electron chi connectivity index (χ2n) is 3.63. The second kappa shape index (κ2) is 3.97. The van der Waals surface area contributed by atoms with Crippen LogP contribution in [0, 0.1) is 0 Å². The van der Waals surface area contributed by atoms with Gasteiger partial charge in [-0.3, -0.25) is 29.0 Å². The molecule has 2 aliphatic heterocycles. The Kier molecular flexibility index (Phi) is 2.79. The Morgan fingerprint density at radius 1 is 0.750 bits per heavy atom. The molecule has 7 heteroatoms. The molecular weight excluding hydrogens is 280 g/mol. The third-order valence-corrected chi connectivity index (χ3v) is 3.43. The number of hydrogen-bond donors (Lipinski definition) is 0. The number of halogens is 1. The summed E-state index contributed by atoms with van der Waals surface area (Å²) in [6.07, 6.45) is 0.544. The summed E-state index contributed by atoms with van der Waals surface area (Å²) >= 11 is 3.06. The lowest BCUT2D eigenvalue weighted by atomic mass is 10.4. The van der Waals surface area contributed by atoms with Crippen molar-refractivity contribution >= 4 is 39.6 Å². The standard InChI is InChI=1S/C9H9BrN2O4/c10-9(11-5(13)1-2-6(11)14)12-7(15)3-4-8(12)16/h9H,1-4H2. The van der Waals surface area contributed by atoms with Crippen molar-refractivity contribution in [2.75, 3.05) is 0 Å². The zero-order valence-electron chi connectivity index (χ0n) is 8.31. The molecule has 0 atom stereocenters. The Bertz CT molecular complexity index is 327. The lowest BCUT2D eigenvalue weighted by Gasteiger charge is -2.27. The third-order valence-electron chi connectivity index (χ3n) is 2.61. The van der Waals surface area contributed by atoms with Crippen LogP contribution in [0.2, 0.25) is 0 Å². The molecule has 2 heterocycles. The molecule has 0 aliphatic carbocycles. The minimum atomic E-state index is -0.961. The predicted octanol–water partition coefficient (Wildman–Crippen LogP) is -0.0371. The fourth-order valence-electron chi connectivity index (χ4n) is 1.78. The van der Waals surface area contributed by atoms with E-state index in [1.807, 2.05) is 0 Å². The highest BCUT2D eigenvalue weighted by Crippen LogP contribution is 2.26. The van der Waals surface area contributed by atoms with Gasteiger partial charge in [-0.15, -0.1) is 0 Å². The number of alkyl halides is 1. The second-order valence-corrected chi connectivity index (χ2v) is 4.44. The highest BCUT2D eigenvalue weighted by atomic mass is 79.9. The third kappa shape index (κ3) is 1.64. The molecule has 6 nitrogen and oxygen atoms in total. The fraction of sp³-hybridized carbons (Fsp3) is 0.556. The first-order valence-corrected chi connectivity index (χ1v) is 5.78. The summed E-state index contributed by atoms with van der Waals surface area (Å²) in [5, 5.41) is -0.961. The van der Waals surface area contributed by atoms with Crippen molar-refractivity contribution in [2.45, 2.75) is 30.8 Å². The number of carbonyl (C=O) groups is 4. The van der Waals surface area contributed by atoms with Gasteiger partial charge in [-0.05, 0) is 15.9 Å². The summed E-state index contributed by atoms with van der Waals surface area (Å²) in [6, 6.07) is 0. The van der Waals surface area contributed by atoms with Crippen molar-refractivity contribution in [3.63, 3.8) is 0 Å². The van der Waals surface area contributed by atoms with E-state index in [9.17, 15) is 19.2 Å². The lowest BCUT2D eigenvalue weighted by molar-refractivity contribution is -0.148. The van der Waals surface area contributed by atoms with Crippen LogP contribution in [0.3, 0.4) is 0 Å². The Hall–Kier alpha value is -1.24. The van der Waals surface area contributed by atoms with E-state index in [4.69, 9.17) is 0 Å². The zero-order valence-corrected chi connectivity index (χ0v) is 9.90. The van der Waals surface area contributed by atoms with Gasteiger partial charge in [0.2, 0.25) is 23.6 Å². The summed E-state index contributed by atoms with van der Waals surface area (Å²) < 4.78 is 0. The van der Waals surface area contributed by atoms with Crippen molar-refractivity contribution in [2.24, 2.45) is 0 Å². The molecule has 0 unspecified atom stereocenters. The van der Waals surface area contributed by atoms with E-state index in [2.05, 4.69) is 15.9 Å². The first-order chi connectivity index (χ1) is 7.52. The number of nitrogens with zero attached hydrogens (tertiary/aromatic N) is 2. The molecule has 4 amide bonds. The highest BCUT2D eigenvalue weighted by Gasteiger charge is 2.42. The van der Waals surface area contributed by atoms with Crippen LogP contribution in [-0.2, 0) is 19.2 Å². The Morgan fingerprint density at radius 3 is 1.25 bits per heavy atom. The molecule has 0 aromatic carbocycles. The molecular formula is C9H9BrN2O4. The molecule has 0 radical (unpaired) electrons. The highest BCUT2D eigenvalue weighted by molar-refractivity contribution is 9.09. The minimum Gasteiger partial charge on any atom is -0.274 e. The Labute approximate surface area is 99.7 Å². The maximum atomic E-state index is 11.4. The van der Waals surface area contributed by atoms with Crippen LogP contribution in [0.1, 0.15) is 25.7 Å². The SMILES string of the molecule is O=C1CCC(=O)N1C(Br)N1C(=O)CCC1=O. The summed E-state index contributed by atoms with van der Waals surface area (Å²) in [5.41, 5.74) is 0. The molecule has 0 spiro atoms. The quantitative estimate of drug-likeness (QED) is 0.406. The average molecular weight is 289 g/mol. The topological polar surface area (TPSA) is 74.8 Å². The molecule has 0 N–H and O–H groups in total. The molecule has 0 aromatic rings. The van der Waals surface area contributed by atoms with Crippen LogP contribution < -0.4 is 0 Å². The summed E-state index contributed by atoms with van der Waals surface area (Å²) in [5.74, 6) is -1.45. The molecule has 2 aliphatic rings. The fourth-order valence-corrected chi connectivity index (χ4v) is 2.69. The number of carbonyl (C=O) groups excluding carboxylic acids is 4. The number of likely N-dealkylation sites (tertiary alicyclic amines) is 2. The molecule has 16 heavy (non-hydrogen) atoms. The average Bonchev–Trinajstić information content (AvgIpc) is 2.71. The van der Waals surface area contributed by atoms with Crippen LogP contribution in [-0.4, -0.2) is 38.5 Å². The molecule has 2 saturated heterocycles. The number of rotatable bonds is 2. The molecule has 0 aromatic heterocycles. The molecule has 0 bridgehead atoms. The van der Waals surface area contributed by atoms with Gasteiger partial charge in [0.15, 0.2) is 5.08 Å². The first kappa shape index (κ1) is 11.3. The monoisotopic (exact) mass is 288 g/mol. The van der Waals surface area contributed by atoms with Crippen LogP contribution in [0.25, 0.3) is 0 Å². The summed E-state index contributed by atoms with van der Waals surface area (Å²) in [7, 11) is 0. The molecule has 0 saturated carbocycles. The van der Waals surface area contributed by atoms with Gasteiger partial charge >= 0.3 is 0 Å². The van der Waals surface area contributed by atoms with E-state index >= 15 is 0 Å². The number of amides is 4. The van der Waals surface area contributed by atoms with Crippen LogP contribution in [0.5, 0.6) is 0 Å². The Morgan fingerprint density at radius 2 is 1.00 bits per heavy atom. The van der Waals surface area contributed by atoms with E-state index < -0.39 is 5.08 Å². The van der Waals surface area contributed by atoms with Gasteiger partial charge in [0.05, 0.1) is 0 Å². The van der Waals surface area contributed by atoms with E-state index in [-0.39, 0.29) is 49.3 Å². The van der Waals surface area contributed by atoms with Crippen molar-refractivity contribution in [1.82, 2.24) is 9.80 Å². The van der Waals surface area contributed by atoms with E-state index in [0.717, 1.165) is 9.80 Å². The van der Waals surface area contributed by atoms with Crippen molar-refractivity contribution in [3.8, 4) is 0 Å². The first-order valence-electron chi connectivity index (χ1n) is 4.86. The van der Waals surface area contributed by atoms with Gasteiger partial charge in [-0.2, -0.15) is 0 Å². The largest absolute Gasteiger partial charge is 0.274 e. The number of hydrogen-bond acceptors (Lipinski definition) is 4. The van der Waals surface area contributed by atoms with Gasteiger partial charge in [-0.25, -0.2) is 0 Å². The maximum absolute atomic E-state index is 11.4. The molecule has 86 valence electrons. The van der Waals surface area contributed by atoms with Gasteiger partial charge in [0.25, 0.3) is 0 Å². The minimum absolute atomic E-state index is 0.136. The van der Waals surface area contributed by atoms with Gasteiger partial charge in [-0.1, -0.05) is 0 Å². The van der Waals surface area contributed by atoms with Crippen molar-refractivity contribution < 1.29 is 19.2 Å². The van der Waals surface area contributed by atoms with E-state index in [1.54, 1.807) is 0 Å². The lowest BCUT2D eigenvalue weighted by Crippen LogP contribution is -2.49. The number of imide groups is 2. The maximum Gasteiger partial charge on any atom is 0.232 e. The summed E-state index contributed by atoms with van der Waals surface area (Å²) in [4.78, 5) is 47.6. The van der Waals surface area contributed by atoms with Crippen LogP contribution in [0.15, 0.2) is 0 Å². The predicted molar refractivity (Wildman–Crippen MR) is 54.9 cm³/mol. The van der Waals surface area contributed by atoms with Crippen molar-refractivity contribution in [1.29, 1.82) is 0 Å².